The molecule has 0 radical (unpaired) electrons. The Balaban J connectivity index is 1.62. The minimum absolute atomic E-state index is 0.0716. The van der Waals surface area contributed by atoms with Crippen LogP contribution in [0, 0.1) is 18.2 Å². The Kier molecular flexibility index (Phi) is 4.03. The van der Waals surface area contributed by atoms with E-state index in [-0.39, 0.29) is 23.7 Å². The largest absolute Gasteiger partial charge is 0.472 e. The number of hydrogen-bond acceptors (Lipinski definition) is 5. The van der Waals surface area contributed by atoms with Crippen molar-refractivity contribution in [3.8, 4) is 5.88 Å². The summed E-state index contributed by atoms with van der Waals surface area (Å²) in [5.74, 6) is -0.0558. The fourth-order valence-corrected chi connectivity index (χ4v) is 3.18. The molecule has 1 aliphatic carbocycles. The average molecular weight is 333 g/mol. The Morgan fingerprint density at radius 1 is 1.33 bits per heavy atom. The van der Waals surface area contributed by atoms with Gasteiger partial charge in [-0.25, -0.2) is 9.02 Å². The van der Waals surface area contributed by atoms with E-state index in [0.717, 1.165) is 12.0 Å². The summed E-state index contributed by atoms with van der Waals surface area (Å²) in [6.07, 6.45) is 0.727. The summed E-state index contributed by atoms with van der Waals surface area (Å²) in [5, 5.41) is 10.1. The van der Waals surface area contributed by atoms with Gasteiger partial charge in [0.05, 0.1) is 12.0 Å². The summed E-state index contributed by atoms with van der Waals surface area (Å²) in [5.41, 5.74) is 0.616. The molecule has 1 fully saturated rings. The van der Waals surface area contributed by atoms with E-state index in [0.29, 0.717) is 18.1 Å². The maximum atomic E-state index is 13.2. The number of benzene rings is 1. The topological polar surface area (TPSA) is 77.2 Å². The summed E-state index contributed by atoms with van der Waals surface area (Å²) in [7, 11) is 0. The van der Waals surface area contributed by atoms with Gasteiger partial charge in [-0.05, 0) is 41.6 Å². The normalized spacial score (nSPS) is 21.3. The molecule has 7 heteroatoms. The third-order valence-corrected chi connectivity index (χ3v) is 4.70. The van der Waals surface area contributed by atoms with Gasteiger partial charge in [0.2, 0.25) is 5.91 Å². The molecule has 6 nitrogen and oxygen atoms in total. The molecule has 24 heavy (non-hydrogen) atoms. The zero-order valence-electron chi connectivity index (χ0n) is 13.9. The first kappa shape index (κ1) is 16.4. The Morgan fingerprint density at radius 2 is 2.00 bits per heavy atom. The highest BCUT2D eigenvalue weighted by Gasteiger charge is 2.66. The number of nitrogens with one attached hydrogen (secondary N) is 1. The molecule has 1 unspecified atom stereocenters. The summed E-state index contributed by atoms with van der Waals surface area (Å²) in [4.78, 5) is 12.7. The predicted octanol–water partition coefficient (Wildman–Crippen LogP) is 2.38. The van der Waals surface area contributed by atoms with Crippen LogP contribution in [0.15, 0.2) is 28.9 Å². The third kappa shape index (κ3) is 2.74. The lowest BCUT2D eigenvalue weighted by Crippen LogP contribution is -2.39. The smallest absolute Gasteiger partial charge is 0.278 e. The second-order valence-electron chi connectivity index (χ2n) is 6.73. The van der Waals surface area contributed by atoms with Gasteiger partial charge in [-0.2, -0.15) is 0 Å². The fraction of sp³-hybridized carbons (Fsp3) is 0.471. The van der Waals surface area contributed by atoms with Crippen molar-refractivity contribution < 1.29 is 18.6 Å². The van der Waals surface area contributed by atoms with Crippen LogP contribution in [0.4, 0.5) is 4.39 Å². The number of rotatable bonds is 6. The molecule has 1 N–H and O–H groups in total. The lowest BCUT2D eigenvalue weighted by Gasteiger charge is -2.20. The van der Waals surface area contributed by atoms with Crippen molar-refractivity contribution in [1.29, 1.82) is 0 Å². The van der Waals surface area contributed by atoms with E-state index in [4.69, 9.17) is 4.74 Å². The van der Waals surface area contributed by atoms with Crippen LogP contribution in [0.3, 0.4) is 0 Å². The van der Waals surface area contributed by atoms with Crippen LogP contribution in [-0.4, -0.2) is 29.4 Å². The van der Waals surface area contributed by atoms with Gasteiger partial charge < -0.3 is 10.1 Å². The van der Waals surface area contributed by atoms with Crippen molar-refractivity contribution in [2.45, 2.75) is 32.6 Å². The first-order valence-corrected chi connectivity index (χ1v) is 7.83. The highest BCUT2D eigenvalue weighted by Crippen LogP contribution is 2.64. The molecule has 0 saturated heterocycles. The molecule has 1 aliphatic rings. The van der Waals surface area contributed by atoms with Gasteiger partial charge in [0, 0.05) is 0 Å². The lowest BCUT2D eigenvalue weighted by atomic mass is 9.87. The van der Waals surface area contributed by atoms with Crippen LogP contribution in [0.25, 0.3) is 0 Å². The summed E-state index contributed by atoms with van der Waals surface area (Å²) >= 11 is 0. The number of aromatic nitrogens is 2. The first-order chi connectivity index (χ1) is 11.4. The first-order valence-electron chi connectivity index (χ1n) is 7.83. The molecule has 1 aromatic carbocycles. The average Bonchev–Trinajstić information content (AvgIpc) is 2.91. The van der Waals surface area contributed by atoms with Crippen molar-refractivity contribution in [3.63, 3.8) is 0 Å². The van der Waals surface area contributed by atoms with Crippen molar-refractivity contribution in [2.75, 3.05) is 13.2 Å². The second kappa shape index (κ2) is 5.89. The number of hydrogen-bond donors (Lipinski definition) is 1. The van der Waals surface area contributed by atoms with Crippen LogP contribution in [0.5, 0.6) is 5.88 Å². The van der Waals surface area contributed by atoms with E-state index in [2.05, 4.69) is 20.3 Å². The third-order valence-electron chi connectivity index (χ3n) is 4.70. The monoisotopic (exact) mass is 333 g/mol. The second-order valence-corrected chi connectivity index (χ2v) is 6.73. The van der Waals surface area contributed by atoms with Gasteiger partial charge in [-0.3, -0.25) is 4.79 Å². The zero-order valence-corrected chi connectivity index (χ0v) is 13.9. The van der Waals surface area contributed by atoms with Crippen LogP contribution in [-0.2, 0) is 10.2 Å². The molecule has 0 bridgehead atoms. The SMILES string of the molecule is Cc1nonc1OCCNC(=O)C1(c2ccc(F)cc2)CC1(C)C. The Labute approximate surface area is 139 Å². The van der Waals surface area contributed by atoms with Crippen molar-refractivity contribution in [2.24, 2.45) is 5.41 Å². The van der Waals surface area contributed by atoms with E-state index in [9.17, 15) is 9.18 Å². The van der Waals surface area contributed by atoms with E-state index in [1.54, 1.807) is 19.1 Å². The minimum Gasteiger partial charge on any atom is -0.472 e. The standard InChI is InChI=1S/C17H20FN3O3/c1-11-14(21-24-20-11)23-9-8-19-15(22)17(10-16(17,2)3)12-4-6-13(18)7-5-12/h4-7H,8-10H2,1-3H3,(H,19,22). The molecule has 1 atom stereocenters. The van der Waals surface area contributed by atoms with Crippen LogP contribution in [0.1, 0.15) is 31.5 Å². The number of amides is 1. The number of carbonyl (C=O) groups excluding carboxylic acids is 1. The summed E-state index contributed by atoms with van der Waals surface area (Å²) in [6.45, 7) is 6.40. The molecule has 0 spiro atoms. The Morgan fingerprint density at radius 3 is 2.54 bits per heavy atom. The van der Waals surface area contributed by atoms with Crippen molar-refractivity contribution >= 4 is 5.91 Å². The molecule has 1 aromatic heterocycles. The molecule has 1 amide bonds. The highest BCUT2D eigenvalue weighted by atomic mass is 19.1. The molecular weight excluding hydrogens is 313 g/mol. The van der Waals surface area contributed by atoms with Gasteiger partial charge in [-0.15, -0.1) is 0 Å². The van der Waals surface area contributed by atoms with Gasteiger partial charge in [0.25, 0.3) is 5.88 Å². The quantitative estimate of drug-likeness (QED) is 0.821. The number of aryl methyl sites for hydroxylation is 1. The van der Waals surface area contributed by atoms with E-state index >= 15 is 0 Å². The minimum atomic E-state index is -0.619. The molecule has 1 saturated carbocycles. The van der Waals surface area contributed by atoms with Gasteiger partial charge in [-0.1, -0.05) is 31.1 Å². The zero-order chi connectivity index (χ0) is 17.4. The number of ether oxygens (including phenoxy) is 1. The number of carbonyl (C=O) groups is 1. The summed E-state index contributed by atoms with van der Waals surface area (Å²) in [6, 6.07) is 6.15. The lowest BCUT2D eigenvalue weighted by molar-refractivity contribution is -0.124. The van der Waals surface area contributed by atoms with Crippen molar-refractivity contribution in [1.82, 2.24) is 15.6 Å². The van der Waals surface area contributed by atoms with E-state index in [1.165, 1.54) is 12.1 Å². The number of halogens is 1. The highest BCUT2D eigenvalue weighted by molar-refractivity contribution is 5.93. The van der Waals surface area contributed by atoms with Crippen LogP contribution in [0.2, 0.25) is 0 Å². The van der Waals surface area contributed by atoms with Gasteiger partial charge in [0.1, 0.15) is 18.1 Å². The van der Waals surface area contributed by atoms with Crippen LogP contribution >= 0.6 is 0 Å². The maximum absolute atomic E-state index is 13.2. The Hall–Kier alpha value is -2.44. The fourth-order valence-electron chi connectivity index (χ4n) is 3.18. The van der Waals surface area contributed by atoms with Gasteiger partial charge in [0.15, 0.2) is 0 Å². The predicted molar refractivity (Wildman–Crippen MR) is 84.0 cm³/mol. The van der Waals surface area contributed by atoms with Crippen molar-refractivity contribution in [3.05, 3.63) is 41.3 Å². The molecule has 2 aromatic rings. The van der Waals surface area contributed by atoms with Gasteiger partial charge >= 0.3 is 0 Å². The molecule has 1 heterocycles. The number of nitrogens with zero attached hydrogens (tertiary/aromatic N) is 2. The molecular formula is C17H20FN3O3. The maximum Gasteiger partial charge on any atom is 0.278 e. The molecule has 0 aliphatic heterocycles. The molecule has 128 valence electrons. The summed E-state index contributed by atoms with van der Waals surface area (Å²) < 4.78 is 23.1. The molecule has 3 rings (SSSR count). The van der Waals surface area contributed by atoms with E-state index in [1.807, 2.05) is 13.8 Å². The van der Waals surface area contributed by atoms with E-state index < -0.39 is 5.41 Å². The Bertz CT molecular complexity index is 742. The van der Waals surface area contributed by atoms with Crippen LogP contribution < -0.4 is 10.1 Å².